The number of amides is 1. The lowest BCUT2D eigenvalue weighted by atomic mass is 10.2. The van der Waals surface area contributed by atoms with Crippen molar-refractivity contribution in [2.45, 2.75) is 19.4 Å². The summed E-state index contributed by atoms with van der Waals surface area (Å²) >= 11 is 5.75. The van der Waals surface area contributed by atoms with Crippen molar-refractivity contribution in [3.05, 3.63) is 40.9 Å². The van der Waals surface area contributed by atoms with Gasteiger partial charge < -0.3 is 10.4 Å². The predicted molar refractivity (Wildman–Crippen MR) is 69.8 cm³/mol. The molecule has 1 rings (SSSR count). The highest BCUT2D eigenvalue weighted by atomic mass is 35.5. The third-order valence-corrected chi connectivity index (χ3v) is 2.61. The molecule has 0 bridgehead atoms. The molecule has 4 heteroatoms. The van der Waals surface area contributed by atoms with E-state index in [0.29, 0.717) is 11.4 Å². The minimum absolute atomic E-state index is 0.0446. The molecule has 92 valence electrons. The first kappa shape index (κ1) is 13.7. The second-order valence-electron chi connectivity index (χ2n) is 3.68. The second kappa shape index (κ2) is 7.09. The molecule has 0 radical (unpaired) electrons. The molecule has 1 amide bonds. The molecule has 0 aromatic heterocycles. The van der Waals surface area contributed by atoms with Crippen molar-refractivity contribution < 1.29 is 9.90 Å². The lowest BCUT2D eigenvalue weighted by Crippen LogP contribution is -2.35. The third-order valence-electron chi connectivity index (χ3n) is 2.36. The van der Waals surface area contributed by atoms with Gasteiger partial charge in [0.25, 0.3) is 0 Å². The van der Waals surface area contributed by atoms with Gasteiger partial charge in [-0.1, -0.05) is 30.7 Å². The molecule has 0 fully saturated rings. The van der Waals surface area contributed by atoms with Crippen molar-refractivity contribution in [2.75, 3.05) is 6.61 Å². The van der Waals surface area contributed by atoms with Gasteiger partial charge in [-0.15, -0.1) is 0 Å². The van der Waals surface area contributed by atoms with Crippen LogP contribution in [0.25, 0.3) is 6.08 Å². The molecular formula is C13H16ClNO2. The van der Waals surface area contributed by atoms with Crippen molar-refractivity contribution >= 4 is 23.6 Å². The van der Waals surface area contributed by atoms with Gasteiger partial charge in [0.1, 0.15) is 0 Å². The van der Waals surface area contributed by atoms with E-state index in [1.54, 1.807) is 18.2 Å². The molecule has 0 saturated heterocycles. The minimum atomic E-state index is -0.208. The summed E-state index contributed by atoms with van der Waals surface area (Å²) in [6.07, 6.45) is 3.86. The average Bonchev–Trinajstić information content (AvgIpc) is 2.35. The number of carbonyl (C=O) groups excluding carboxylic acids is 1. The van der Waals surface area contributed by atoms with Crippen LogP contribution in [-0.2, 0) is 4.79 Å². The molecule has 1 aromatic carbocycles. The minimum Gasteiger partial charge on any atom is -0.394 e. The number of rotatable bonds is 5. The second-order valence-corrected chi connectivity index (χ2v) is 4.12. The summed E-state index contributed by atoms with van der Waals surface area (Å²) in [5.74, 6) is -0.208. The van der Waals surface area contributed by atoms with Crippen molar-refractivity contribution in [3.63, 3.8) is 0 Å². The Morgan fingerprint density at radius 1 is 1.47 bits per heavy atom. The monoisotopic (exact) mass is 253 g/mol. The summed E-state index contributed by atoms with van der Waals surface area (Å²) in [6.45, 7) is 1.86. The van der Waals surface area contributed by atoms with Crippen molar-refractivity contribution in [3.8, 4) is 0 Å². The zero-order chi connectivity index (χ0) is 12.7. The molecule has 1 atom stereocenters. The number of hydrogen-bond acceptors (Lipinski definition) is 2. The highest BCUT2D eigenvalue weighted by Gasteiger charge is 2.05. The van der Waals surface area contributed by atoms with Crippen LogP contribution < -0.4 is 5.32 Å². The van der Waals surface area contributed by atoms with Crippen LogP contribution in [0.3, 0.4) is 0 Å². The largest absolute Gasteiger partial charge is 0.394 e. The van der Waals surface area contributed by atoms with Crippen LogP contribution in [0.15, 0.2) is 30.3 Å². The van der Waals surface area contributed by atoms with Crippen LogP contribution in [0.1, 0.15) is 18.9 Å². The fourth-order valence-electron chi connectivity index (χ4n) is 1.27. The van der Waals surface area contributed by atoms with E-state index in [9.17, 15) is 4.79 Å². The SMILES string of the molecule is CC[C@H](CO)NC(=O)/C=C/c1ccc(Cl)cc1. The van der Waals surface area contributed by atoms with Crippen molar-refractivity contribution in [1.82, 2.24) is 5.32 Å². The lowest BCUT2D eigenvalue weighted by molar-refractivity contribution is -0.117. The highest BCUT2D eigenvalue weighted by Crippen LogP contribution is 2.10. The maximum absolute atomic E-state index is 11.5. The Hall–Kier alpha value is -1.32. The van der Waals surface area contributed by atoms with Gasteiger partial charge >= 0.3 is 0 Å². The number of carbonyl (C=O) groups is 1. The van der Waals surface area contributed by atoms with Gasteiger partial charge in [0, 0.05) is 11.1 Å². The molecule has 17 heavy (non-hydrogen) atoms. The molecule has 2 N–H and O–H groups in total. The van der Waals surface area contributed by atoms with E-state index < -0.39 is 0 Å². The quantitative estimate of drug-likeness (QED) is 0.791. The molecule has 0 spiro atoms. The molecule has 0 saturated carbocycles. The van der Waals surface area contributed by atoms with Crippen LogP contribution in [0.5, 0.6) is 0 Å². The molecule has 0 heterocycles. The van der Waals surface area contributed by atoms with E-state index in [1.165, 1.54) is 6.08 Å². The first-order valence-electron chi connectivity index (χ1n) is 5.50. The fourth-order valence-corrected chi connectivity index (χ4v) is 1.40. The smallest absolute Gasteiger partial charge is 0.244 e. The van der Waals surface area contributed by atoms with E-state index in [0.717, 1.165) is 5.56 Å². The molecule has 1 aromatic rings. The normalized spacial score (nSPS) is 12.6. The molecule has 0 aliphatic rings. The maximum atomic E-state index is 11.5. The van der Waals surface area contributed by atoms with Gasteiger partial charge in [0.15, 0.2) is 0 Å². The predicted octanol–water partition coefficient (Wildman–Crippen LogP) is 2.24. The van der Waals surface area contributed by atoms with Gasteiger partial charge in [-0.3, -0.25) is 4.79 Å². The summed E-state index contributed by atoms with van der Waals surface area (Å²) < 4.78 is 0. The maximum Gasteiger partial charge on any atom is 0.244 e. The zero-order valence-corrected chi connectivity index (χ0v) is 10.4. The summed E-state index contributed by atoms with van der Waals surface area (Å²) in [4.78, 5) is 11.5. The highest BCUT2D eigenvalue weighted by molar-refractivity contribution is 6.30. The van der Waals surface area contributed by atoms with Gasteiger partial charge in [-0.2, -0.15) is 0 Å². The van der Waals surface area contributed by atoms with Gasteiger partial charge in [0.05, 0.1) is 12.6 Å². The number of halogens is 1. The number of nitrogens with one attached hydrogen (secondary N) is 1. The van der Waals surface area contributed by atoms with Gasteiger partial charge in [0.2, 0.25) is 5.91 Å². The Morgan fingerprint density at radius 2 is 2.12 bits per heavy atom. The Morgan fingerprint density at radius 3 is 2.65 bits per heavy atom. The Kier molecular flexibility index (Phi) is 5.73. The number of hydrogen-bond donors (Lipinski definition) is 2. The van der Waals surface area contributed by atoms with E-state index in [-0.39, 0.29) is 18.6 Å². The van der Waals surface area contributed by atoms with Crippen LogP contribution >= 0.6 is 11.6 Å². The first-order valence-corrected chi connectivity index (χ1v) is 5.88. The van der Waals surface area contributed by atoms with Crippen molar-refractivity contribution in [1.29, 1.82) is 0 Å². The number of benzene rings is 1. The van der Waals surface area contributed by atoms with Crippen molar-refractivity contribution in [2.24, 2.45) is 0 Å². The molecule has 0 aliphatic carbocycles. The molecule has 0 unspecified atom stereocenters. The molecule has 3 nitrogen and oxygen atoms in total. The fraction of sp³-hybridized carbons (Fsp3) is 0.308. The molecular weight excluding hydrogens is 238 g/mol. The van der Waals surface area contributed by atoms with Gasteiger partial charge in [-0.25, -0.2) is 0 Å². The summed E-state index contributed by atoms with van der Waals surface area (Å²) in [5, 5.41) is 12.3. The zero-order valence-electron chi connectivity index (χ0n) is 9.69. The first-order chi connectivity index (χ1) is 8.15. The van der Waals surface area contributed by atoms with E-state index >= 15 is 0 Å². The van der Waals surface area contributed by atoms with Gasteiger partial charge in [-0.05, 0) is 30.2 Å². The Bertz CT molecular complexity index is 383. The van der Waals surface area contributed by atoms with Crippen LogP contribution in [0.2, 0.25) is 5.02 Å². The van der Waals surface area contributed by atoms with Crippen LogP contribution in [0, 0.1) is 0 Å². The Balaban J connectivity index is 2.53. The lowest BCUT2D eigenvalue weighted by Gasteiger charge is -2.11. The number of aliphatic hydroxyl groups is 1. The summed E-state index contributed by atoms with van der Waals surface area (Å²) in [5.41, 5.74) is 0.904. The topological polar surface area (TPSA) is 49.3 Å². The van der Waals surface area contributed by atoms with Crippen LogP contribution in [0.4, 0.5) is 0 Å². The summed E-state index contributed by atoms with van der Waals surface area (Å²) in [7, 11) is 0. The summed E-state index contributed by atoms with van der Waals surface area (Å²) in [6, 6.07) is 7.01. The standard InChI is InChI=1S/C13H16ClNO2/c1-2-12(9-16)15-13(17)8-5-10-3-6-11(14)7-4-10/h3-8,12,16H,2,9H2,1H3,(H,15,17)/b8-5+/t12-/m1/s1. The van der Waals surface area contributed by atoms with E-state index in [4.69, 9.17) is 16.7 Å². The van der Waals surface area contributed by atoms with Crippen LogP contribution in [-0.4, -0.2) is 23.7 Å². The third kappa shape index (κ3) is 5.02. The van der Waals surface area contributed by atoms with E-state index in [1.807, 2.05) is 19.1 Å². The molecule has 0 aliphatic heterocycles. The Labute approximate surface area is 106 Å². The average molecular weight is 254 g/mol. The van der Waals surface area contributed by atoms with E-state index in [2.05, 4.69) is 5.32 Å². The number of aliphatic hydroxyl groups excluding tert-OH is 1.